The van der Waals surface area contributed by atoms with Gasteiger partial charge in [-0.05, 0) is 35.0 Å². The number of aromatic nitrogens is 6. The number of rotatable bonds is 2. The summed E-state index contributed by atoms with van der Waals surface area (Å²) in [6.45, 7) is 1.75. The number of hydrogen-bond acceptors (Lipinski definition) is 8. The zero-order chi connectivity index (χ0) is 16.8. The van der Waals surface area contributed by atoms with Crippen LogP contribution in [-0.4, -0.2) is 35.3 Å². The van der Waals surface area contributed by atoms with E-state index in [-0.39, 0.29) is 5.69 Å². The molecule has 0 bridgehead atoms. The molecule has 0 fully saturated rings. The highest BCUT2D eigenvalue weighted by atomic mass is 16.6. The van der Waals surface area contributed by atoms with Crippen molar-refractivity contribution in [3.05, 3.63) is 61.6 Å². The van der Waals surface area contributed by atoms with Crippen molar-refractivity contribution >= 4 is 17.3 Å². The Morgan fingerprint density at radius 2 is 2.04 bits per heavy atom. The van der Waals surface area contributed by atoms with E-state index in [0.717, 1.165) is 0 Å². The number of nitro benzene ring substituents is 1. The molecule has 1 aromatic carbocycles. The molecule has 0 amide bonds. The highest BCUT2D eigenvalue weighted by Gasteiger charge is 2.32. The van der Waals surface area contributed by atoms with Crippen molar-refractivity contribution in [1.82, 2.24) is 30.4 Å². The van der Waals surface area contributed by atoms with E-state index in [1.807, 2.05) is 0 Å². The Bertz CT molecular complexity index is 1010. The summed E-state index contributed by atoms with van der Waals surface area (Å²) in [5.74, 6) is 0.307. The minimum absolute atomic E-state index is 0.0226. The third kappa shape index (κ3) is 1.95. The SMILES string of the molecule is Cc1n[nH]c(=O)c2c1[C@H](c1ccc([N+](=O)[O-])cc1)n1nnnc1N2. The monoisotopic (exact) mass is 326 g/mol. The normalized spacial score (nSPS) is 15.3. The first-order chi connectivity index (χ1) is 11.6. The molecule has 1 aliphatic rings. The van der Waals surface area contributed by atoms with E-state index < -0.39 is 16.5 Å². The summed E-state index contributed by atoms with van der Waals surface area (Å²) in [5.41, 5.74) is 1.82. The molecule has 11 heteroatoms. The fraction of sp³-hybridized carbons (Fsp3) is 0.154. The second-order valence-corrected chi connectivity index (χ2v) is 5.25. The number of anilines is 2. The van der Waals surface area contributed by atoms with E-state index in [2.05, 4.69) is 31.0 Å². The predicted molar refractivity (Wildman–Crippen MR) is 81.0 cm³/mol. The Labute approximate surface area is 133 Å². The lowest BCUT2D eigenvalue weighted by Crippen LogP contribution is -2.29. The lowest BCUT2D eigenvalue weighted by atomic mass is 9.95. The molecular formula is C13H10N8O3. The van der Waals surface area contributed by atoms with Crippen LogP contribution >= 0.6 is 0 Å². The van der Waals surface area contributed by atoms with Crippen molar-refractivity contribution in [2.45, 2.75) is 13.0 Å². The maximum Gasteiger partial charge on any atom is 0.288 e. The number of hydrogen-bond donors (Lipinski definition) is 2. The number of nitrogens with zero attached hydrogens (tertiary/aromatic N) is 6. The van der Waals surface area contributed by atoms with E-state index in [0.29, 0.717) is 28.5 Å². The smallest absolute Gasteiger partial charge is 0.288 e. The molecule has 0 radical (unpaired) electrons. The summed E-state index contributed by atoms with van der Waals surface area (Å²) in [7, 11) is 0. The molecule has 0 unspecified atom stereocenters. The van der Waals surface area contributed by atoms with Gasteiger partial charge in [0.25, 0.3) is 11.2 Å². The van der Waals surface area contributed by atoms with E-state index in [1.54, 1.807) is 19.1 Å². The van der Waals surface area contributed by atoms with Gasteiger partial charge in [0.2, 0.25) is 5.95 Å². The molecule has 24 heavy (non-hydrogen) atoms. The van der Waals surface area contributed by atoms with Crippen LogP contribution in [0.5, 0.6) is 0 Å². The summed E-state index contributed by atoms with van der Waals surface area (Å²) in [4.78, 5) is 22.5. The molecule has 2 N–H and O–H groups in total. The predicted octanol–water partition coefficient (Wildman–Crippen LogP) is 0.668. The Balaban J connectivity index is 1.95. The lowest BCUT2D eigenvalue weighted by Gasteiger charge is -2.26. The summed E-state index contributed by atoms with van der Waals surface area (Å²) in [5, 5.41) is 31.6. The molecule has 0 saturated carbocycles. The average Bonchev–Trinajstić information content (AvgIpc) is 3.05. The Hall–Kier alpha value is -3.63. The number of H-pyrrole nitrogens is 1. The number of tetrazole rings is 1. The van der Waals surface area contributed by atoms with Crippen LogP contribution in [0.4, 0.5) is 17.3 Å². The van der Waals surface area contributed by atoms with Gasteiger partial charge in [0, 0.05) is 17.7 Å². The van der Waals surface area contributed by atoms with E-state index in [9.17, 15) is 14.9 Å². The fourth-order valence-electron chi connectivity index (χ4n) is 2.78. The summed E-state index contributed by atoms with van der Waals surface area (Å²) < 4.78 is 1.51. The molecule has 0 spiro atoms. The van der Waals surface area contributed by atoms with Crippen LogP contribution in [0.1, 0.15) is 22.9 Å². The van der Waals surface area contributed by atoms with Gasteiger partial charge in [0.05, 0.1) is 10.6 Å². The zero-order valence-electron chi connectivity index (χ0n) is 12.3. The number of nitro groups is 1. The minimum atomic E-state index is -0.512. The molecular weight excluding hydrogens is 316 g/mol. The molecule has 2 aromatic heterocycles. The fourth-order valence-corrected chi connectivity index (χ4v) is 2.78. The van der Waals surface area contributed by atoms with Gasteiger partial charge in [-0.1, -0.05) is 5.10 Å². The van der Waals surface area contributed by atoms with Gasteiger partial charge in [0.1, 0.15) is 11.7 Å². The molecule has 11 nitrogen and oxygen atoms in total. The van der Waals surface area contributed by atoms with Crippen LogP contribution in [0.25, 0.3) is 0 Å². The number of non-ortho nitro benzene ring substituents is 1. The molecule has 0 saturated heterocycles. The Morgan fingerprint density at radius 3 is 2.75 bits per heavy atom. The van der Waals surface area contributed by atoms with Crippen molar-refractivity contribution in [3.8, 4) is 0 Å². The van der Waals surface area contributed by atoms with E-state index in [4.69, 9.17) is 0 Å². The second kappa shape index (κ2) is 4.94. The minimum Gasteiger partial charge on any atom is -0.318 e. The van der Waals surface area contributed by atoms with Gasteiger partial charge in [-0.15, -0.1) is 0 Å². The molecule has 120 valence electrons. The largest absolute Gasteiger partial charge is 0.318 e. The highest BCUT2D eigenvalue weighted by Crippen LogP contribution is 2.37. The lowest BCUT2D eigenvalue weighted by molar-refractivity contribution is -0.384. The van der Waals surface area contributed by atoms with Crippen molar-refractivity contribution < 1.29 is 4.92 Å². The molecule has 0 aliphatic carbocycles. The third-order valence-electron chi connectivity index (χ3n) is 3.88. The number of fused-ring (bicyclic) bond motifs is 2. The maximum atomic E-state index is 12.1. The van der Waals surface area contributed by atoms with Crippen molar-refractivity contribution in [3.63, 3.8) is 0 Å². The summed E-state index contributed by atoms with van der Waals surface area (Å²) in [6.07, 6.45) is 0. The Morgan fingerprint density at radius 1 is 1.29 bits per heavy atom. The Kier molecular flexibility index (Phi) is 2.88. The van der Waals surface area contributed by atoms with Gasteiger partial charge in [-0.2, -0.15) is 9.78 Å². The molecule has 3 aromatic rings. The first kappa shape index (κ1) is 14.0. The van der Waals surface area contributed by atoms with Gasteiger partial charge < -0.3 is 5.32 Å². The second-order valence-electron chi connectivity index (χ2n) is 5.25. The van der Waals surface area contributed by atoms with Crippen LogP contribution in [0.3, 0.4) is 0 Å². The third-order valence-corrected chi connectivity index (χ3v) is 3.88. The van der Waals surface area contributed by atoms with Gasteiger partial charge in [-0.3, -0.25) is 14.9 Å². The van der Waals surface area contributed by atoms with Crippen LogP contribution in [0, 0.1) is 17.0 Å². The van der Waals surface area contributed by atoms with Crippen LogP contribution in [0.2, 0.25) is 0 Å². The number of aromatic amines is 1. The van der Waals surface area contributed by atoms with Crippen molar-refractivity contribution in [2.75, 3.05) is 5.32 Å². The van der Waals surface area contributed by atoms with Crippen LogP contribution in [0.15, 0.2) is 29.1 Å². The maximum absolute atomic E-state index is 12.1. The summed E-state index contributed by atoms with van der Waals surface area (Å²) in [6, 6.07) is 5.52. The molecule has 1 atom stereocenters. The van der Waals surface area contributed by atoms with Crippen LogP contribution < -0.4 is 10.9 Å². The van der Waals surface area contributed by atoms with Crippen molar-refractivity contribution in [1.29, 1.82) is 0 Å². The van der Waals surface area contributed by atoms with Gasteiger partial charge in [0.15, 0.2) is 0 Å². The number of nitrogens with one attached hydrogen (secondary N) is 2. The first-order valence-corrected chi connectivity index (χ1v) is 6.94. The first-order valence-electron chi connectivity index (χ1n) is 6.94. The summed E-state index contributed by atoms with van der Waals surface area (Å²) >= 11 is 0. The van der Waals surface area contributed by atoms with E-state index >= 15 is 0 Å². The van der Waals surface area contributed by atoms with Crippen LogP contribution in [-0.2, 0) is 0 Å². The number of aryl methyl sites for hydroxylation is 1. The topological polar surface area (TPSA) is 145 Å². The van der Waals surface area contributed by atoms with Gasteiger partial charge >= 0.3 is 0 Å². The molecule has 1 aliphatic heterocycles. The van der Waals surface area contributed by atoms with Gasteiger partial charge in [-0.25, -0.2) is 5.10 Å². The van der Waals surface area contributed by atoms with Crippen molar-refractivity contribution in [2.24, 2.45) is 0 Å². The highest BCUT2D eigenvalue weighted by molar-refractivity contribution is 5.64. The number of benzene rings is 1. The average molecular weight is 326 g/mol. The van der Waals surface area contributed by atoms with E-state index in [1.165, 1.54) is 16.8 Å². The zero-order valence-corrected chi connectivity index (χ0v) is 12.3. The molecule has 3 heterocycles. The standard InChI is InChI=1S/C13H10N8O3/c1-6-9-10(12(22)16-15-6)14-13-17-18-19-20(13)11(9)7-2-4-8(5-3-7)21(23)24/h2-5,11H,1H3,(H,16,22)(H,14,17,19)/t11-/m0/s1. The molecule has 4 rings (SSSR count). The quantitative estimate of drug-likeness (QED) is 0.404.